The van der Waals surface area contributed by atoms with Crippen LogP contribution in [0.2, 0.25) is 0 Å². The molecule has 0 aromatic rings. The fourth-order valence-electron chi connectivity index (χ4n) is 3.99. The molecule has 3 heteroatoms. The Morgan fingerprint density at radius 2 is 2.21 bits per heavy atom. The first-order chi connectivity index (χ1) is 8.93. The molecular formula is C16H22O3. The molecular weight excluding hydrogens is 240 g/mol. The number of epoxide rings is 1. The summed E-state index contributed by atoms with van der Waals surface area (Å²) in [6, 6.07) is 0. The van der Waals surface area contributed by atoms with Crippen molar-refractivity contribution in [2.45, 2.75) is 45.5 Å². The quantitative estimate of drug-likeness (QED) is 0.614. The van der Waals surface area contributed by atoms with Crippen LogP contribution in [-0.4, -0.2) is 23.3 Å². The fourth-order valence-corrected chi connectivity index (χ4v) is 3.99. The van der Waals surface area contributed by atoms with E-state index in [4.69, 9.17) is 4.74 Å². The van der Waals surface area contributed by atoms with Crippen LogP contribution in [0.15, 0.2) is 24.3 Å². The molecule has 1 aliphatic heterocycles. The largest absolute Gasteiger partial charge is 0.366 e. The molecule has 3 rings (SSSR count). The minimum absolute atomic E-state index is 0.204. The molecule has 104 valence electrons. The summed E-state index contributed by atoms with van der Waals surface area (Å²) in [6.07, 6.45) is 5.96. The highest BCUT2D eigenvalue weighted by atomic mass is 16.7. The number of fused-ring (bicyclic) bond motifs is 1. The van der Waals surface area contributed by atoms with Crippen molar-refractivity contribution in [2.75, 3.05) is 0 Å². The Labute approximate surface area is 114 Å². The van der Waals surface area contributed by atoms with Crippen molar-refractivity contribution in [1.29, 1.82) is 0 Å². The Hall–Kier alpha value is -0.930. The molecule has 19 heavy (non-hydrogen) atoms. The van der Waals surface area contributed by atoms with Crippen LogP contribution < -0.4 is 0 Å². The van der Waals surface area contributed by atoms with Gasteiger partial charge in [0.1, 0.15) is 6.10 Å². The molecule has 0 amide bonds. The molecule has 2 fully saturated rings. The smallest absolute Gasteiger partial charge is 0.186 e. The fraction of sp³-hybridized carbons (Fsp3) is 0.688. The number of aliphatic hydroxyl groups is 1. The standard InChI is InChI=1S/C16H22O3/c1-9-4-5-11(10(2)14-15(18)19-14)8-16(3)12(9)6-7-13(16)17/h6-7,9,11-12,14-15,18H,2,4-5,8H2,1,3H3/t9?,11?,12-,14?,15?,16?/m0/s1. The minimum atomic E-state index is -0.672. The van der Waals surface area contributed by atoms with Crippen LogP contribution in [0.25, 0.3) is 0 Å². The first-order valence-corrected chi connectivity index (χ1v) is 7.18. The Bertz CT molecular complexity index is 453. The van der Waals surface area contributed by atoms with E-state index in [2.05, 4.69) is 26.5 Å². The normalized spacial score (nSPS) is 48.8. The lowest BCUT2D eigenvalue weighted by Gasteiger charge is -2.33. The highest BCUT2D eigenvalue weighted by molar-refractivity contribution is 5.97. The maximum Gasteiger partial charge on any atom is 0.186 e. The number of ether oxygens (including phenoxy) is 1. The highest BCUT2D eigenvalue weighted by Gasteiger charge is 2.50. The van der Waals surface area contributed by atoms with Crippen LogP contribution in [0, 0.1) is 23.2 Å². The molecule has 6 atom stereocenters. The molecule has 0 aromatic carbocycles. The van der Waals surface area contributed by atoms with Crippen LogP contribution in [0.3, 0.4) is 0 Å². The van der Waals surface area contributed by atoms with Crippen LogP contribution in [0.5, 0.6) is 0 Å². The number of allylic oxidation sites excluding steroid dienone is 2. The summed E-state index contributed by atoms with van der Waals surface area (Å²) >= 11 is 0. The second-order valence-corrected chi connectivity index (χ2v) is 6.64. The van der Waals surface area contributed by atoms with Gasteiger partial charge in [0, 0.05) is 5.41 Å². The van der Waals surface area contributed by atoms with Gasteiger partial charge in [-0.2, -0.15) is 0 Å². The zero-order valence-electron chi connectivity index (χ0n) is 11.6. The van der Waals surface area contributed by atoms with Gasteiger partial charge in [0.2, 0.25) is 0 Å². The lowest BCUT2D eigenvalue weighted by atomic mass is 9.69. The summed E-state index contributed by atoms with van der Waals surface area (Å²) in [5, 5.41) is 9.39. The van der Waals surface area contributed by atoms with Crippen molar-refractivity contribution in [3.63, 3.8) is 0 Å². The van der Waals surface area contributed by atoms with Gasteiger partial charge >= 0.3 is 0 Å². The van der Waals surface area contributed by atoms with Gasteiger partial charge in [-0.25, -0.2) is 0 Å². The van der Waals surface area contributed by atoms with E-state index in [0.29, 0.717) is 11.8 Å². The lowest BCUT2D eigenvalue weighted by molar-refractivity contribution is -0.124. The van der Waals surface area contributed by atoms with Crippen LogP contribution in [-0.2, 0) is 9.53 Å². The third-order valence-electron chi connectivity index (χ3n) is 5.37. The molecule has 1 saturated carbocycles. The van der Waals surface area contributed by atoms with Crippen molar-refractivity contribution in [3.8, 4) is 0 Å². The predicted molar refractivity (Wildman–Crippen MR) is 72.3 cm³/mol. The SMILES string of the molecule is C=C(C1CCC(C)[C@@H]2C=CC(=O)C2(C)C1)C1OC1O. The van der Waals surface area contributed by atoms with E-state index in [0.717, 1.165) is 24.8 Å². The maximum atomic E-state index is 12.2. The molecule has 3 nitrogen and oxygen atoms in total. The molecule has 3 aliphatic rings. The molecule has 1 saturated heterocycles. The molecule has 1 N–H and O–H groups in total. The third-order valence-corrected chi connectivity index (χ3v) is 5.37. The van der Waals surface area contributed by atoms with Gasteiger partial charge in [0.05, 0.1) is 0 Å². The van der Waals surface area contributed by atoms with Crippen LogP contribution in [0.4, 0.5) is 0 Å². The van der Waals surface area contributed by atoms with E-state index in [1.54, 1.807) is 6.08 Å². The lowest BCUT2D eigenvalue weighted by Crippen LogP contribution is -2.33. The molecule has 2 aliphatic carbocycles. The summed E-state index contributed by atoms with van der Waals surface area (Å²) in [6.45, 7) is 8.44. The van der Waals surface area contributed by atoms with Gasteiger partial charge in [0.15, 0.2) is 12.1 Å². The second-order valence-electron chi connectivity index (χ2n) is 6.64. The monoisotopic (exact) mass is 262 g/mol. The summed E-state index contributed by atoms with van der Waals surface area (Å²) in [5.41, 5.74) is 0.685. The van der Waals surface area contributed by atoms with E-state index in [1.165, 1.54) is 0 Å². The minimum Gasteiger partial charge on any atom is -0.366 e. The summed E-state index contributed by atoms with van der Waals surface area (Å²) < 4.78 is 5.13. The van der Waals surface area contributed by atoms with Crippen LogP contribution in [0.1, 0.15) is 33.1 Å². The number of rotatable bonds is 2. The van der Waals surface area contributed by atoms with Crippen molar-refractivity contribution in [1.82, 2.24) is 0 Å². The number of carbonyl (C=O) groups is 1. The van der Waals surface area contributed by atoms with E-state index < -0.39 is 6.29 Å². The Kier molecular flexibility index (Phi) is 2.95. The number of hydrogen-bond acceptors (Lipinski definition) is 3. The topological polar surface area (TPSA) is 49.8 Å². The molecule has 0 bridgehead atoms. The van der Waals surface area contributed by atoms with E-state index >= 15 is 0 Å². The molecule has 0 radical (unpaired) electrons. The van der Waals surface area contributed by atoms with Gasteiger partial charge in [-0.1, -0.05) is 26.5 Å². The summed E-state index contributed by atoms with van der Waals surface area (Å²) in [4.78, 5) is 12.2. The van der Waals surface area contributed by atoms with E-state index in [-0.39, 0.29) is 23.2 Å². The number of aliphatic hydroxyl groups excluding tert-OH is 1. The first kappa shape index (κ1) is 13.1. The zero-order chi connectivity index (χ0) is 13.8. The van der Waals surface area contributed by atoms with Gasteiger partial charge in [0.25, 0.3) is 0 Å². The Morgan fingerprint density at radius 1 is 1.53 bits per heavy atom. The predicted octanol–water partition coefficient (Wildman–Crippen LogP) is 2.46. The van der Waals surface area contributed by atoms with E-state index in [9.17, 15) is 9.90 Å². The van der Waals surface area contributed by atoms with Gasteiger partial charge in [-0.05, 0) is 48.7 Å². The van der Waals surface area contributed by atoms with Gasteiger partial charge < -0.3 is 9.84 Å². The molecule has 5 unspecified atom stereocenters. The average Bonchev–Trinajstić information content (AvgIpc) is 3.04. The maximum absolute atomic E-state index is 12.2. The first-order valence-electron chi connectivity index (χ1n) is 7.18. The number of hydrogen-bond donors (Lipinski definition) is 1. The number of ketones is 1. The Morgan fingerprint density at radius 3 is 2.84 bits per heavy atom. The zero-order valence-corrected chi connectivity index (χ0v) is 11.6. The van der Waals surface area contributed by atoms with Crippen molar-refractivity contribution in [2.24, 2.45) is 23.2 Å². The summed E-state index contributed by atoms with van der Waals surface area (Å²) in [7, 11) is 0. The van der Waals surface area contributed by atoms with Gasteiger partial charge in [-0.15, -0.1) is 0 Å². The second kappa shape index (κ2) is 4.29. The van der Waals surface area contributed by atoms with Crippen molar-refractivity contribution in [3.05, 3.63) is 24.3 Å². The summed E-state index contributed by atoms with van der Waals surface area (Å²) in [5.74, 6) is 1.41. The van der Waals surface area contributed by atoms with Crippen molar-refractivity contribution >= 4 is 5.78 Å². The molecule has 0 aromatic heterocycles. The Balaban J connectivity index is 1.83. The highest BCUT2D eigenvalue weighted by Crippen LogP contribution is 2.51. The third kappa shape index (κ3) is 2.00. The van der Waals surface area contributed by atoms with E-state index in [1.807, 2.05) is 0 Å². The molecule has 1 heterocycles. The van der Waals surface area contributed by atoms with Crippen molar-refractivity contribution < 1.29 is 14.6 Å². The van der Waals surface area contributed by atoms with Crippen LogP contribution >= 0.6 is 0 Å². The number of carbonyl (C=O) groups excluding carboxylic acids is 1. The molecule has 0 spiro atoms. The van der Waals surface area contributed by atoms with Gasteiger partial charge in [-0.3, -0.25) is 4.79 Å². The average molecular weight is 262 g/mol.